The number of nitrogens with two attached hydrogens (primary N) is 1. The van der Waals surface area contributed by atoms with Gasteiger partial charge in [0.2, 0.25) is 15.7 Å². The first-order chi connectivity index (χ1) is 9.69. The van der Waals surface area contributed by atoms with Gasteiger partial charge in [0.1, 0.15) is 0 Å². The molecule has 0 fully saturated rings. The fourth-order valence-corrected chi connectivity index (χ4v) is 2.62. The predicted octanol–water partition coefficient (Wildman–Crippen LogP) is 2.14. The van der Waals surface area contributed by atoms with E-state index in [0.29, 0.717) is 12.8 Å². The molecule has 0 aliphatic rings. The van der Waals surface area contributed by atoms with Crippen molar-refractivity contribution in [2.45, 2.75) is 42.9 Å². The highest BCUT2D eigenvalue weighted by atomic mass is 32.2. The van der Waals surface area contributed by atoms with Gasteiger partial charge in [-0.15, -0.1) is 0 Å². The maximum atomic E-state index is 12.7. The number of carbonyl (C=O) groups is 1. The molecule has 0 aliphatic carbocycles. The van der Waals surface area contributed by atoms with Crippen molar-refractivity contribution >= 4 is 21.4 Å². The fourth-order valence-electron chi connectivity index (χ4n) is 1.73. The van der Waals surface area contributed by atoms with E-state index >= 15 is 0 Å². The number of hydrogen-bond donors (Lipinski definition) is 2. The molecule has 118 valence electrons. The number of halogens is 2. The molecule has 1 aromatic rings. The molecule has 0 bridgehead atoms. The Kier molecular flexibility index (Phi) is 5.41. The monoisotopic (exact) mass is 320 g/mol. The van der Waals surface area contributed by atoms with E-state index in [1.54, 1.807) is 13.8 Å². The van der Waals surface area contributed by atoms with E-state index < -0.39 is 31.9 Å². The van der Waals surface area contributed by atoms with E-state index in [2.05, 4.69) is 5.32 Å². The summed E-state index contributed by atoms with van der Waals surface area (Å²) in [6, 6.07) is 5.02. The molecule has 0 radical (unpaired) electrons. The summed E-state index contributed by atoms with van der Waals surface area (Å²) in [4.78, 5) is 11.5. The Bertz CT molecular complexity index is 614. The second kappa shape index (κ2) is 6.48. The molecule has 0 atom stereocenters. The lowest BCUT2D eigenvalue weighted by Gasteiger charge is -2.25. The fraction of sp³-hybridized carbons (Fsp3) is 0.462. The van der Waals surface area contributed by atoms with E-state index in [1.807, 2.05) is 0 Å². The molecule has 0 aromatic heterocycles. The Labute approximate surface area is 122 Å². The third-order valence-electron chi connectivity index (χ3n) is 3.39. The largest absolute Gasteiger partial charge is 0.341 e. The SMILES string of the molecule is CCC(N)(CC)C(=O)Nc1ccccc1S(=O)(=O)C(F)F. The molecule has 0 saturated heterocycles. The van der Waals surface area contributed by atoms with Gasteiger partial charge in [-0.05, 0) is 25.0 Å². The number of rotatable bonds is 6. The smallest absolute Gasteiger partial charge is 0.323 e. The first-order valence-electron chi connectivity index (χ1n) is 6.40. The topological polar surface area (TPSA) is 89.3 Å². The summed E-state index contributed by atoms with van der Waals surface area (Å²) in [5, 5.41) is 2.34. The lowest BCUT2D eigenvalue weighted by molar-refractivity contribution is -0.121. The van der Waals surface area contributed by atoms with Crippen molar-refractivity contribution in [2.24, 2.45) is 5.73 Å². The van der Waals surface area contributed by atoms with Crippen LogP contribution in [0.1, 0.15) is 26.7 Å². The van der Waals surface area contributed by atoms with Crippen LogP contribution < -0.4 is 11.1 Å². The molecule has 8 heteroatoms. The highest BCUT2D eigenvalue weighted by Crippen LogP contribution is 2.27. The van der Waals surface area contributed by atoms with Crippen molar-refractivity contribution in [2.75, 3.05) is 5.32 Å². The first-order valence-corrected chi connectivity index (χ1v) is 7.95. The number of hydrogen-bond acceptors (Lipinski definition) is 4. The van der Waals surface area contributed by atoms with Crippen LogP contribution in [0.3, 0.4) is 0 Å². The van der Waals surface area contributed by atoms with E-state index in [4.69, 9.17) is 5.73 Å². The number of amides is 1. The van der Waals surface area contributed by atoms with Crippen LogP contribution in [0, 0.1) is 0 Å². The Morgan fingerprint density at radius 2 is 1.81 bits per heavy atom. The number of alkyl halides is 2. The van der Waals surface area contributed by atoms with Crippen LogP contribution in [0.2, 0.25) is 0 Å². The zero-order valence-electron chi connectivity index (χ0n) is 11.8. The minimum Gasteiger partial charge on any atom is -0.323 e. The van der Waals surface area contributed by atoms with Gasteiger partial charge in [-0.2, -0.15) is 8.78 Å². The summed E-state index contributed by atoms with van der Waals surface area (Å²) in [6.07, 6.45) is 0.665. The molecule has 3 N–H and O–H groups in total. The van der Waals surface area contributed by atoms with Gasteiger partial charge in [-0.1, -0.05) is 26.0 Å². The Hall–Kier alpha value is -1.54. The third-order valence-corrected chi connectivity index (χ3v) is 4.83. The zero-order chi connectivity index (χ0) is 16.3. The molecule has 1 amide bonds. The summed E-state index contributed by atoms with van der Waals surface area (Å²) in [6.45, 7) is 3.43. The molecule has 0 heterocycles. The number of anilines is 1. The van der Waals surface area contributed by atoms with E-state index in [-0.39, 0.29) is 5.69 Å². The van der Waals surface area contributed by atoms with Crippen molar-refractivity contribution < 1.29 is 22.0 Å². The second-order valence-corrected chi connectivity index (χ2v) is 6.51. The van der Waals surface area contributed by atoms with Gasteiger partial charge in [-0.25, -0.2) is 8.42 Å². The molecular weight excluding hydrogens is 302 g/mol. The van der Waals surface area contributed by atoms with Crippen molar-refractivity contribution in [3.8, 4) is 0 Å². The maximum absolute atomic E-state index is 12.7. The van der Waals surface area contributed by atoms with Crippen molar-refractivity contribution in [3.63, 3.8) is 0 Å². The quantitative estimate of drug-likeness (QED) is 0.840. The van der Waals surface area contributed by atoms with Crippen LogP contribution in [0.5, 0.6) is 0 Å². The minimum atomic E-state index is -4.80. The third kappa shape index (κ3) is 3.56. The van der Waals surface area contributed by atoms with Crippen molar-refractivity contribution in [1.82, 2.24) is 0 Å². The van der Waals surface area contributed by atoms with Gasteiger partial charge in [0.25, 0.3) is 0 Å². The number of sulfone groups is 1. The van der Waals surface area contributed by atoms with Gasteiger partial charge in [0.05, 0.1) is 16.1 Å². The van der Waals surface area contributed by atoms with Crippen LogP contribution in [0.25, 0.3) is 0 Å². The van der Waals surface area contributed by atoms with E-state index in [9.17, 15) is 22.0 Å². The zero-order valence-corrected chi connectivity index (χ0v) is 12.6. The lowest BCUT2D eigenvalue weighted by Crippen LogP contribution is -2.50. The van der Waals surface area contributed by atoms with Crippen LogP contribution in [0.4, 0.5) is 14.5 Å². The number of nitrogens with one attached hydrogen (secondary N) is 1. The summed E-state index contributed by atoms with van der Waals surface area (Å²) >= 11 is 0. The van der Waals surface area contributed by atoms with Crippen LogP contribution >= 0.6 is 0 Å². The standard InChI is InChI=1S/C13H18F2N2O3S/c1-3-13(16,4-2)11(18)17-9-7-5-6-8-10(9)21(19,20)12(14)15/h5-8,12H,3-4,16H2,1-2H3,(H,17,18). The summed E-state index contributed by atoms with van der Waals surface area (Å²) in [5.74, 6) is -4.17. The summed E-state index contributed by atoms with van der Waals surface area (Å²) in [7, 11) is -4.80. The van der Waals surface area contributed by atoms with Gasteiger partial charge in [0, 0.05) is 0 Å². The molecule has 0 spiro atoms. The Morgan fingerprint density at radius 3 is 2.29 bits per heavy atom. The summed E-state index contributed by atoms with van der Waals surface area (Å²) < 4.78 is 48.5. The normalized spacial score (nSPS) is 12.5. The second-order valence-electron chi connectivity index (χ2n) is 4.62. The highest BCUT2D eigenvalue weighted by molar-refractivity contribution is 7.91. The van der Waals surface area contributed by atoms with Crippen LogP contribution in [-0.4, -0.2) is 25.6 Å². The molecular formula is C13H18F2N2O3S. The average molecular weight is 320 g/mol. The van der Waals surface area contributed by atoms with Gasteiger partial charge in [0.15, 0.2) is 0 Å². The van der Waals surface area contributed by atoms with Crippen LogP contribution in [-0.2, 0) is 14.6 Å². The molecule has 21 heavy (non-hydrogen) atoms. The minimum absolute atomic E-state index is 0.195. The van der Waals surface area contributed by atoms with Gasteiger partial charge in [-0.3, -0.25) is 4.79 Å². The maximum Gasteiger partial charge on any atom is 0.341 e. The van der Waals surface area contributed by atoms with Gasteiger partial charge < -0.3 is 11.1 Å². The Morgan fingerprint density at radius 1 is 1.29 bits per heavy atom. The van der Waals surface area contributed by atoms with Crippen LogP contribution in [0.15, 0.2) is 29.2 Å². The average Bonchev–Trinajstić information content (AvgIpc) is 2.46. The molecule has 5 nitrogen and oxygen atoms in total. The van der Waals surface area contributed by atoms with Gasteiger partial charge >= 0.3 is 5.76 Å². The number of carbonyl (C=O) groups excluding carboxylic acids is 1. The molecule has 0 unspecified atom stereocenters. The summed E-state index contributed by atoms with van der Waals surface area (Å²) in [5.41, 5.74) is 4.52. The van der Waals surface area contributed by atoms with E-state index in [0.717, 1.165) is 6.07 Å². The van der Waals surface area contributed by atoms with E-state index in [1.165, 1.54) is 18.2 Å². The Balaban J connectivity index is 3.21. The lowest BCUT2D eigenvalue weighted by atomic mass is 9.93. The molecule has 1 rings (SSSR count). The molecule has 1 aromatic carbocycles. The predicted molar refractivity (Wildman–Crippen MR) is 75.8 cm³/mol. The van der Waals surface area contributed by atoms with Crippen molar-refractivity contribution in [3.05, 3.63) is 24.3 Å². The molecule has 0 saturated carbocycles. The number of benzene rings is 1. The first kappa shape index (κ1) is 17.5. The van der Waals surface area contributed by atoms with Crippen molar-refractivity contribution in [1.29, 1.82) is 0 Å². The number of para-hydroxylation sites is 1. The molecule has 0 aliphatic heterocycles. The highest BCUT2D eigenvalue weighted by Gasteiger charge is 2.33.